The van der Waals surface area contributed by atoms with E-state index in [1.54, 1.807) is 0 Å². The Hall–Kier alpha value is -14.4. The molecule has 0 aliphatic heterocycles. The molecular formula is C117H88N2. The topological polar surface area (TPSA) is 6.48 Å². The molecule has 0 aromatic heterocycles. The van der Waals surface area contributed by atoms with E-state index in [1.807, 2.05) is 0 Å². The van der Waals surface area contributed by atoms with Gasteiger partial charge in [-0.2, -0.15) is 0 Å². The average molecular weight is 1520 g/mol. The third-order valence-corrected chi connectivity index (χ3v) is 26.6. The lowest BCUT2D eigenvalue weighted by molar-refractivity contribution is 0.639. The minimum absolute atomic E-state index is 0.0710. The van der Waals surface area contributed by atoms with E-state index in [0.717, 1.165) is 84.2 Å². The number of fused-ring (bicyclic) bond motifs is 10. The van der Waals surface area contributed by atoms with Crippen LogP contribution < -0.4 is 9.80 Å². The molecule has 0 spiro atoms. The van der Waals surface area contributed by atoms with Gasteiger partial charge < -0.3 is 9.80 Å². The van der Waals surface area contributed by atoms with E-state index in [4.69, 9.17) is 6.58 Å². The second kappa shape index (κ2) is 28.8. The molecule has 119 heavy (non-hydrogen) atoms. The van der Waals surface area contributed by atoms with Crippen molar-refractivity contribution in [1.82, 2.24) is 0 Å². The number of benzene rings is 17. The number of anilines is 6. The molecule has 1 atom stereocenters. The van der Waals surface area contributed by atoms with Gasteiger partial charge in [0.1, 0.15) is 0 Å². The van der Waals surface area contributed by atoms with Crippen molar-refractivity contribution in [3.05, 3.63) is 515 Å². The molecule has 2 nitrogen and oxygen atoms in total. The van der Waals surface area contributed by atoms with E-state index >= 15 is 0 Å². The lowest BCUT2D eigenvalue weighted by atomic mass is 9.67. The largest absolute Gasteiger partial charge is 0.310 e. The van der Waals surface area contributed by atoms with Crippen molar-refractivity contribution >= 4 is 45.3 Å². The van der Waals surface area contributed by atoms with Crippen LogP contribution in [0.1, 0.15) is 107 Å². The van der Waals surface area contributed by atoms with Crippen LogP contribution in [-0.2, 0) is 21.7 Å². The van der Waals surface area contributed by atoms with Crippen molar-refractivity contribution in [3.63, 3.8) is 0 Å². The van der Waals surface area contributed by atoms with Crippen LogP contribution in [0.3, 0.4) is 0 Å². The summed E-state index contributed by atoms with van der Waals surface area (Å²) in [5.41, 5.74) is 40.9. The summed E-state index contributed by atoms with van der Waals surface area (Å²) in [5, 5.41) is 0. The molecule has 566 valence electrons. The van der Waals surface area contributed by atoms with Gasteiger partial charge in [-0.1, -0.05) is 398 Å². The first kappa shape index (κ1) is 72.3. The summed E-state index contributed by atoms with van der Waals surface area (Å²) in [7, 11) is 0. The molecule has 1 unspecified atom stereocenters. The number of hydrogen-bond acceptors (Lipinski definition) is 2. The fraction of sp³-hybridized carbons (Fsp3) is 0.0769. The van der Waals surface area contributed by atoms with E-state index in [2.05, 4.69) is 475 Å². The molecule has 2 heteroatoms. The normalized spacial score (nSPS) is 15.1. The summed E-state index contributed by atoms with van der Waals surface area (Å²) in [6.45, 7) is 16.5. The smallest absolute Gasteiger partial charge is 0.0714 e. The number of allylic oxidation sites excluding steroid dienone is 5. The molecular weight excluding hydrogens is 1430 g/mol. The summed E-state index contributed by atoms with van der Waals surface area (Å²) >= 11 is 0. The fourth-order valence-corrected chi connectivity index (χ4v) is 20.6. The number of hydrogen-bond donors (Lipinski definition) is 0. The molecule has 17 aromatic carbocycles. The SMILES string of the molecule is C=C(/C=C\C1=C(C)C(C)(C)c2ccccc21)c1cccc(N(c2ccc3c(c2)C(c2ccccc2)(c2cccc(-c4ccc(-c5ccccc5)c(N(c5ccc(-c6ccc7c(c6)C(C)(C)c6ccccc6-7)cc5)c5ccc6c(c5)C(c5ccccc5)(c5ccccc5)c5ccccc5-6)c4)c2)c2ccccc2-3)c2ccccc2-c2ccccc2)c1. The van der Waals surface area contributed by atoms with Crippen molar-refractivity contribution in [3.8, 4) is 77.9 Å². The summed E-state index contributed by atoms with van der Waals surface area (Å²) in [6, 6.07) is 157. The first-order valence-electron chi connectivity index (χ1n) is 41.7. The van der Waals surface area contributed by atoms with Crippen LogP contribution in [0.2, 0.25) is 0 Å². The molecule has 0 saturated heterocycles. The monoisotopic (exact) mass is 1520 g/mol. The Bertz CT molecular complexity index is 6880. The highest BCUT2D eigenvalue weighted by Gasteiger charge is 2.49. The van der Waals surface area contributed by atoms with Crippen LogP contribution in [0.4, 0.5) is 34.1 Å². The minimum Gasteiger partial charge on any atom is -0.310 e. The van der Waals surface area contributed by atoms with Gasteiger partial charge >= 0.3 is 0 Å². The van der Waals surface area contributed by atoms with Gasteiger partial charge in [-0.3, -0.25) is 0 Å². The van der Waals surface area contributed by atoms with E-state index in [0.29, 0.717) is 0 Å². The molecule has 0 fully saturated rings. The predicted octanol–water partition coefficient (Wildman–Crippen LogP) is 30.7. The summed E-state index contributed by atoms with van der Waals surface area (Å²) in [5.74, 6) is 0. The van der Waals surface area contributed by atoms with Crippen LogP contribution in [0, 0.1) is 0 Å². The van der Waals surface area contributed by atoms with Crippen molar-refractivity contribution in [2.45, 2.75) is 56.3 Å². The van der Waals surface area contributed by atoms with Crippen molar-refractivity contribution < 1.29 is 0 Å². The van der Waals surface area contributed by atoms with Crippen LogP contribution in [0.15, 0.2) is 443 Å². The maximum absolute atomic E-state index is 4.80. The molecule has 17 aromatic rings. The van der Waals surface area contributed by atoms with Gasteiger partial charge in [-0.25, -0.2) is 0 Å². The van der Waals surface area contributed by atoms with Gasteiger partial charge in [0.05, 0.1) is 22.2 Å². The zero-order valence-corrected chi connectivity index (χ0v) is 67.6. The average Bonchev–Trinajstić information content (AvgIpc) is 1.55. The summed E-state index contributed by atoms with van der Waals surface area (Å²) in [4.78, 5) is 5.02. The maximum atomic E-state index is 4.80. The molecule has 0 saturated carbocycles. The molecule has 0 heterocycles. The predicted molar refractivity (Wildman–Crippen MR) is 500 cm³/mol. The van der Waals surface area contributed by atoms with E-state index in [9.17, 15) is 0 Å². The zero-order chi connectivity index (χ0) is 80.1. The third-order valence-electron chi connectivity index (χ3n) is 26.6. The fourth-order valence-electron chi connectivity index (χ4n) is 20.6. The van der Waals surface area contributed by atoms with Gasteiger partial charge in [-0.15, -0.1) is 0 Å². The highest BCUT2D eigenvalue weighted by atomic mass is 15.2. The number of rotatable bonds is 17. The van der Waals surface area contributed by atoms with E-state index < -0.39 is 10.8 Å². The van der Waals surface area contributed by atoms with Crippen LogP contribution in [-0.4, -0.2) is 0 Å². The highest BCUT2D eigenvalue weighted by molar-refractivity contribution is 5.98. The molecule has 21 rings (SSSR count). The second-order valence-electron chi connectivity index (χ2n) is 33.5. The van der Waals surface area contributed by atoms with Crippen LogP contribution in [0.25, 0.3) is 89.0 Å². The van der Waals surface area contributed by atoms with E-state index in [1.165, 1.54) is 117 Å². The Morgan fingerprint density at radius 3 is 1.18 bits per heavy atom. The Morgan fingerprint density at radius 2 is 0.613 bits per heavy atom. The Labute approximate surface area is 699 Å². The Morgan fingerprint density at radius 1 is 0.244 bits per heavy atom. The van der Waals surface area contributed by atoms with Crippen LogP contribution >= 0.6 is 0 Å². The molecule has 0 bridgehead atoms. The standard InChI is InChI=1S/C117H88N2/c1-78(58-67-95-79(2)114(3,4)105-53-27-22-49-98(95)105)83-38-33-47-92(73-83)119(112-57-31-26-48-96(112)81-34-12-7-13-35-81)94-66-71-104-101-52-25-30-56-108(101)117(111(104)77-94,89-44-20-11-21-45-89)90-46-32-39-84(72-90)86-61-68-97(82-36-14-8-15-37-82)113(75-86)118(91-63-59-80(60-64-91)85-62-69-102-99-50-23-28-54-106(99)115(5,6)109(102)74-85)93-65-70-103-100-51-24-29-55-107(100)116(110(103)76-93,87-40-16-9-17-41-87)88-42-18-10-19-43-88/h7-77H,1H2,2-6H3/b67-58-. The van der Waals surface area contributed by atoms with Crippen molar-refractivity contribution in [2.24, 2.45) is 0 Å². The molecule has 0 N–H and O–H groups in total. The maximum Gasteiger partial charge on any atom is 0.0714 e. The van der Waals surface area contributed by atoms with Crippen LogP contribution in [0.5, 0.6) is 0 Å². The lowest BCUT2D eigenvalue weighted by Gasteiger charge is -2.35. The van der Waals surface area contributed by atoms with Gasteiger partial charge in [0.15, 0.2) is 0 Å². The third kappa shape index (κ3) is 11.6. The Kier molecular flexibility index (Phi) is 17.5. The van der Waals surface area contributed by atoms with Gasteiger partial charge in [-0.05, 0) is 230 Å². The van der Waals surface area contributed by atoms with Gasteiger partial charge in [0.25, 0.3) is 0 Å². The minimum atomic E-state index is -0.795. The number of nitrogens with zero attached hydrogens (tertiary/aromatic N) is 2. The quantitative estimate of drug-likeness (QED) is 0.0839. The van der Waals surface area contributed by atoms with Gasteiger partial charge in [0.2, 0.25) is 0 Å². The zero-order valence-electron chi connectivity index (χ0n) is 67.6. The lowest BCUT2D eigenvalue weighted by Crippen LogP contribution is -2.29. The highest BCUT2D eigenvalue weighted by Crippen LogP contribution is 2.61. The molecule has 4 aliphatic rings. The van der Waals surface area contributed by atoms with E-state index in [-0.39, 0.29) is 10.8 Å². The second-order valence-corrected chi connectivity index (χ2v) is 33.5. The van der Waals surface area contributed by atoms with Crippen molar-refractivity contribution in [1.29, 1.82) is 0 Å². The Balaban J connectivity index is 0.747. The van der Waals surface area contributed by atoms with Gasteiger partial charge in [0, 0.05) is 44.7 Å². The summed E-state index contributed by atoms with van der Waals surface area (Å²) < 4.78 is 0. The van der Waals surface area contributed by atoms with Crippen molar-refractivity contribution in [2.75, 3.05) is 9.80 Å². The molecule has 0 radical (unpaired) electrons. The number of para-hydroxylation sites is 1. The molecule has 0 amide bonds. The first-order chi connectivity index (χ1) is 58.4. The summed E-state index contributed by atoms with van der Waals surface area (Å²) in [6.07, 6.45) is 4.50. The first-order valence-corrected chi connectivity index (χ1v) is 41.7. The molecule has 4 aliphatic carbocycles.